The highest BCUT2D eigenvalue weighted by Crippen LogP contribution is 2.54. The number of fused-ring (bicyclic) bond motifs is 1. The lowest BCUT2D eigenvalue weighted by Crippen LogP contribution is -2.34. The highest BCUT2D eigenvalue weighted by molar-refractivity contribution is 4.95. The van der Waals surface area contributed by atoms with Crippen LogP contribution >= 0.6 is 0 Å². The molecule has 58 valence electrons. The summed E-state index contributed by atoms with van der Waals surface area (Å²) in [6.07, 6.45) is 6.06. The van der Waals surface area contributed by atoms with Crippen LogP contribution in [0.4, 0.5) is 0 Å². The van der Waals surface area contributed by atoms with Gasteiger partial charge in [0.25, 0.3) is 0 Å². The molecule has 0 spiro atoms. The van der Waals surface area contributed by atoms with Crippen molar-refractivity contribution in [2.45, 2.75) is 39.5 Å². The Hall–Kier alpha value is 0. The summed E-state index contributed by atoms with van der Waals surface area (Å²) in [5, 5.41) is 0. The Morgan fingerprint density at radius 3 is 2.70 bits per heavy atom. The standard InChI is InChI=1S/C10H18/c1-3-8-6-9-5-4-7(2)10(8)9/h7-10H,3-6H2,1-2H3. The highest BCUT2D eigenvalue weighted by atomic mass is 14.5. The van der Waals surface area contributed by atoms with Gasteiger partial charge in [-0.25, -0.2) is 0 Å². The molecule has 2 rings (SSSR count). The first kappa shape index (κ1) is 6.69. The zero-order valence-electron chi connectivity index (χ0n) is 7.14. The second kappa shape index (κ2) is 2.25. The molecule has 0 aromatic rings. The van der Waals surface area contributed by atoms with Crippen molar-refractivity contribution in [3.63, 3.8) is 0 Å². The first-order valence-electron chi connectivity index (χ1n) is 4.83. The van der Waals surface area contributed by atoms with Crippen molar-refractivity contribution in [1.82, 2.24) is 0 Å². The molecule has 0 heterocycles. The Morgan fingerprint density at radius 1 is 1.30 bits per heavy atom. The van der Waals surface area contributed by atoms with E-state index in [9.17, 15) is 0 Å². The summed E-state index contributed by atoms with van der Waals surface area (Å²) in [7, 11) is 0. The lowest BCUT2D eigenvalue weighted by molar-refractivity contribution is 0.0705. The smallest absolute Gasteiger partial charge is 0.0332 e. The molecule has 0 aromatic heterocycles. The van der Waals surface area contributed by atoms with Gasteiger partial charge in [-0.1, -0.05) is 26.7 Å². The van der Waals surface area contributed by atoms with Gasteiger partial charge in [0.15, 0.2) is 0 Å². The van der Waals surface area contributed by atoms with E-state index < -0.39 is 0 Å². The van der Waals surface area contributed by atoms with Gasteiger partial charge in [-0.05, 0) is 36.5 Å². The minimum Gasteiger partial charge on any atom is -0.0651 e. The average Bonchev–Trinajstić information content (AvgIpc) is 2.09. The van der Waals surface area contributed by atoms with Crippen LogP contribution in [-0.4, -0.2) is 0 Å². The molecule has 0 aromatic carbocycles. The molecule has 0 saturated heterocycles. The fourth-order valence-electron chi connectivity index (χ4n) is 3.24. The van der Waals surface area contributed by atoms with Crippen molar-refractivity contribution in [2.75, 3.05) is 0 Å². The van der Waals surface area contributed by atoms with Crippen LogP contribution in [0.3, 0.4) is 0 Å². The maximum Gasteiger partial charge on any atom is -0.0332 e. The minimum absolute atomic E-state index is 1.06. The highest BCUT2D eigenvalue weighted by Gasteiger charge is 2.46. The van der Waals surface area contributed by atoms with Crippen LogP contribution in [0.2, 0.25) is 0 Å². The normalized spacial score (nSPS) is 52.2. The van der Waals surface area contributed by atoms with E-state index in [0.29, 0.717) is 0 Å². The summed E-state index contributed by atoms with van der Waals surface area (Å²) < 4.78 is 0. The van der Waals surface area contributed by atoms with Gasteiger partial charge in [0, 0.05) is 0 Å². The molecule has 4 atom stereocenters. The first-order valence-corrected chi connectivity index (χ1v) is 4.83. The largest absolute Gasteiger partial charge is 0.0651 e. The fraction of sp³-hybridized carbons (Fsp3) is 1.00. The van der Waals surface area contributed by atoms with Gasteiger partial charge in [-0.2, -0.15) is 0 Å². The summed E-state index contributed by atoms with van der Waals surface area (Å²) in [6.45, 7) is 4.80. The number of rotatable bonds is 1. The average molecular weight is 138 g/mol. The SMILES string of the molecule is CCC1CC2CCC(C)C12. The van der Waals surface area contributed by atoms with Gasteiger partial charge in [-0.15, -0.1) is 0 Å². The van der Waals surface area contributed by atoms with Crippen molar-refractivity contribution in [2.24, 2.45) is 23.7 Å². The summed E-state index contributed by atoms with van der Waals surface area (Å²) >= 11 is 0. The molecule has 0 bridgehead atoms. The predicted molar refractivity (Wildman–Crippen MR) is 43.8 cm³/mol. The van der Waals surface area contributed by atoms with Crippen molar-refractivity contribution in [1.29, 1.82) is 0 Å². The van der Waals surface area contributed by atoms with E-state index in [1.54, 1.807) is 12.8 Å². The Balaban J connectivity index is 1.99. The Bertz CT molecular complexity index is 122. The summed E-state index contributed by atoms with van der Waals surface area (Å²) in [6, 6.07) is 0. The zero-order valence-corrected chi connectivity index (χ0v) is 7.14. The molecule has 0 radical (unpaired) electrons. The third-order valence-electron chi connectivity index (χ3n) is 3.87. The van der Waals surface area contributed by atoms with Gasteiger partial charge < -0.3 is 0 Å². The maximum absolute atomic E-state index is 2.45. The molecule has 0 nitrogen and oxygen atoms in total. The molecule has 2 fully saturated rings. The predicted octanol–water partition coefficient (Wildman–Crippen LogP) is 3.08. The first-order chi connectivity index (χ1) is 4.83. The maximum atomic E-state index is 2.45. The Kier molecular flexibility index (Phi) is 1.51. The monoisotopic (exact) mass is 138 g/mol. The van der Waals surface area contributed by atoms with E-state index in [2.05, 4.69) is 13.8 Å². The third-order valence-corrected chi connectivity index (χ3v) is 3.87. The topological polar surface area (TPSA) is 0 Å². The van der Waals surface area contributed by atoms with E-state index in [4.69, 9.17) is 0 Å². The molecule has 10 heavy (non-hydrogen) atoms. The lowest BCUT2D eigenvalue weighted by Gasteiger charge is -2.42. The summed E-state index contributed by atoms with van der Waals surface area (Å²) in [5.74, 6) is 4.47. The van der Waals surface area contributed by atoms with E-state index in [1.165, 1.54) is 12.8 Å². The molecule has 0 aliphatic heterocycles. The van der Waals surface area contributed by atoms with Gasteiger partial charge >= 0.3 is 0 Å². The van der Waals surface area contributed by atoms with Gasteiger partial charge in [0.2, 0.25) is 0 Å². The molecule has 0 amide bonds. The van der Waals surface area contributed by atoms with Crippen molar-refractivity contribution >= 4 is 0 Å². The summed E-state index contributed by atoms with van der Waals surface area (Å²) in [4.78, 5) is 0. The van der Waals surface area contributed by atoms with Crippen LogP contribution in [0.5, 0.6) is 0 Å². The van der Waals surface area contributed by atoms with Crippen molar-refractivity contribution < 1.29 is 0 Å². The van der Waals surface area contributed by atoms with E-state index >= 15 is 0 Å². The van der Waals surface area contributed by atoms with E-state index in [-0.39, 0.29) is 0 Å². The molecule has 2 aliphatic carbocycles. The van der Waals surface area contributed by atoms with Gasteiger partial charge in [0.1, 0.15) is 0 Å². The summed E-state index contributed by atoms with van der Waals surface area (Å²) in [5.41, 5.74) is 0. The molecular formula is C10H18. The van der Waals surface area contributed by atoms with Crippen molar-refractivity contribution in [3.8, 4) is 0 Å². The molecular weight excluding hydrogens is 120 g/mol. The van der Waals surface area contributed by atoms with Crippen LogP contribution in [0.15, 0.2) is 0 Å². The second-order valence-corrected chi connectivity index (χ2v) is 4.30. The number of hydrogen-bond donors (Lipinski definition) is 0. The molecule has 0 N–H and O–H groups in total. The molecule has 0 heteroatoms. The van der Waals surface area contributed by atoms with Crippen LogP contribution in [0.25, 0.3) is 0 Å². The third kappa shape index (κ3) is 0.741. The number of hydrogen-bond acceptors (Lipinski definition) is 0. The quantitative estimate of drug-likeness (QED) is 0.522. The Labute approximate surface area is 64.0 Å². The molecule has 2 saturated carbocycles. The zero-order chi connectivity index (χ0) is 7.14. The Morgan fingerprint density at radius 2 is 2.10 bits per heavy atom. The van der Waals surface area contributed by atoms with Crippen LogP contribution in [0.1, 0.15) is 39.5 Å². The fourth-order valence-corrected chi connectivity index (χ4v) is 3.24. The van der Waals surface area contributed by atoms with Gasteiger partial charge in [0.05, 0.1) is 0 Å². The van der Waals surface area contributed by atoms with E-state index in [1.807, 2.05) is 0 Å². The second-order valence-electron chi connectivity index (χ2n) is 4.30. The minimum atomic E-state index is 1.06. The lowest BCUT2D eigenvalue weighted by atomic mass is 9.63. The van der Waals surface area contributed by atoms with Gasteiger partial charge in [-0.3, -0.25) is 0 Å². The molecule has 4 unspecified atom stereocenters. The van der Waals surface area contributed by atoms with E-state index in [0.717, 1.165) is 23.7 Å². The van der Waals surface area contributed by atoms with Crippen LogP contribution < -0.4 is 0 Å². The van der Waals surface area contributed by atoms with Crippen LogP contribution in [0, 0.1) is 23.7 Å². The van der Waals surface area contributed by atoms with Crippen LogP contribution in [-0.2, 0) is 0 Å². The van der Waals surface area contributed by atoms with Crippen molar-refractivity contribution in [3.05, 3.63) is 0 Å². The molecule has 2 aliphatic rings.